The SMILES string of the molecule is CCn1ccnc1CC(=O)c1cc(C)cc(C)c1. The lowest BCUT2D eigenvalue weighted by Gasteiger charge is -2.06. The van der Waals surface area contributed by atoms with Crippen molar-refractivity contribution in [2.24, 2.45) is 0 Å². The zero-order valence-corrected chi connectivity index (χ0v) is 11.1. The lowest BCUT2D eigenvalue weighted by molar-refractivity contribution is 0.0989. The molecule has 1 aromatic carbocycles. The number of imidazole rings is 1. The number of carbonyl (C=O) groups excluding carboxylic acids is 1. The average Bonchev–Trinajstić information content (AvgIpc) is 2.75. The summed E-state index contributed by atoms with van der Waals surface area (Å²) in [5, 5.41) is 0. The Bertz CT molecular complexity index is 549. The first-order valence-electron chi connectivity index (χ1n) is 6.21. The third-order valence-electron chi connectivity index (χ3n) is 3.00. The summed E-state index contributed by atoms with van der Waals surface area (Å²) in [4.78, 5) is 16.5. The molecule has 0 bridgehead atoms. The Kier molecular flexibility index (Phi) is 3.60. The van der Waals surface area contributed by atoms with E-state index in [1.54, 1.807) is 6.20 Å². The van der Waals surface area contributed by atoms with Crippen molar-refractivity contribution in [3.63, 3.8) is 0 Å². The first-order valence-corrected chi connectivity index (χ1v) is 6.21. The van der Waals surface area contributed by atoms with Gasteiger partial charge in [0.15, 0.2) is 5.78 Å². The highest BCUT2D eigenvalue weighted by Crippen LogP contribution is 2.12. The molecule has 3 nitrogen and oxygen atoms in total. The highest BCUT2D eigenvalue weighted by Gasteiger charge is 2.11. The molecule has 2 rings (SSSR count). The quantitative estimate of drug-likeness (QED) is 0.773. The van der Waals surface area contributed by atoms with E-state index in [4.69, 9.17) is 0 Å². The lowest BCUT2D eigenvalue weighted by Crippen LogP contribution is -2.10. The summed E-state index contributed by atoms with van der Waals surface area (Å²) in [6.07, 6.45) is 4.02. The zero-order chi connectivity index (χ0) is 13.1. The molecule has 2 aromatic rings. The molecule has 0 saturated heterocycles. The summed E-state index contributed by atoms with van der Waals surface area (Å²) in [5.74, 6) is 0.962. The van der Waals surface area contributed by atoms with E-state index in [1.165, 1.54) is 0 Å². The van der Waals surface area contributed by atoms with Gasteiger partial charge in [-0.2, -0.15) is 0 Å². The van der Waals surface area contributed by atoms with Crippen LogP contribution in [0.4, 0.5) is 0 Å². The van der Waals surface area contributed by atoms with E-state index in [2.05, 4.69) is 11.1 Å². The summed E-state index contributed by atoms with van der Waals surface area (Å²) in [5.41, 5.74) is 3.02. The maximum absolute atomic E-state index is 12.2. The number of hydrogen-bond acceptors (Lipinski definition) is 2. The molecule has 0 aliphatic heterocycles. The number of nitrogens with zero attached hydrogens (tertiary/aromatic N) is 2. The maximum Gasteiger partial charge on any atom is 0.170 e. The van der Waals surface area contributed by atoms with E-state index >= 15 is 0 Å². The molecule has 0 N–H and O–H groups in total. The molecule has 0 spiro atoms. The Hall–Kier alpha value is -1.90. The Morgan fingerprint density at radius 1 is 1.22 bits per heavy atom. The van der Waals surface area contributed by atoms with Gasteiger partial charge in [-0.1, -0.05) is 17.2 Å². The van der Waals surface area contributed by atoms with Crippen LogP contribution in [-0.2, 0) is 13.0 Å². The second-order valence-corrected chi connectivity index (χ2v) is 4.61. The monoisotopic (exact) mass is 242 g/mol. The third kappa shape index (κ3) is 2.67. The predicted molar refractivity (Wildman–Crippen MR) is 71.9 cm³/mol. The van der Waals surface area contributed by atoms with E-state index in [0.29, 0.717) is 6.42 Å². The van der Waals surface area contributed by atoms with Gasteiger partial charge in [-0.3, -0.25) is 4.79 Å². The minimum Gasteiger partial charge on any atom is -0.335 e. The number of ketones is 1. The van der Waals surface area contributed by atoms with Gasteiger partial charge < -0.3 is 4.57 Å². The van der Waals surface area contributed by atoms with Crippen molar-refractivity contribution in [3.8, 4) is 0 Å². The highest BCUT2D eigenvalue weighted by atomic mass is 16.1. The minimum atomic E-state index is 0.127. The molecule has 3 heteroatoms. The van der Waals surface area contributed by atoms with Crippen molar-refractivity contribution >= 4 is 5.78 Å². The van der Waals surface area contributed by atoms with Gasteiger partial charge >= 0.3 is 0 Å². The van der Waals surface area contributed by atoms with E-state index in [9.17, 15) is 4.79 Å². The van der Waals surface area contributed by atoms with Crippen LogP contribution in [0, 0.1) is 13.8 Å². The van der Waals surface area contributed by atoms with Crippen molar-refractivity contribution in [2.75, 3.05) is 0 Å². The molecular formula is C15H18N2O. The zero-order valence-electron chi connectivity index (χ0n) is 11.1. The molecular weight excluding hydrogens is 224 g/mol. The van der Waals surface area contributed by atoms with Gasteiger partial charge in [-0.15, -0.1) is 0 Å². The van der Waals surface area contributed by atoms with Gasteiger partial charge in [0.25, 0.3) is 0 Å². The van der Waals surface area contributed by atoms with Crippen molar-refractivity contribution < 1.29 is 4.79 Å². The Morgan fingerprint density at radius 2 is 1.89 bits per heavy atom. The lowest BCUT2D eigenvalue weighted by atomic mass is 10.0. The molecule has 1 heterocycles. The summed E-state index contributed by atoms with van der Waals surface area (Å²) in [7, 11) is 0. The van der Waals surface area contributed by atoms with Crippen LogP contribution in [-0.4, -0.2) is 15.3 Å². The first-order chi connectivity index (χ1) is 8.60. The number of Topliss-reactive ketones (excluding diaryl/α,β-unsaturated/α-hetero) is 1. The van der Waals surface area contributed by atoms with Gasteiger partial charge in [-0.25, -0.2) is 4.98 Å². The van der Waals surface area contributed by atoms with Gasteiger partial charge in [0, 0.05) is 24.5 Å². The molecule has 1 aromatic heterocycles. The number of carbonyl (C=O) groups is 1. The third-order valence-corrected chi connectivity index (χ3v) is 3.00. The maximum atomic E-state index is 12.2. The number of rotatable bonds is 4. The first kappa shape index (κ1) is 12.6. The topological polar surface area (TPSA) is 34.9 Å². The summed E-state index contributed by atoms with van der Waals surface area (Å²) in [6, 6.07) is 5.95. The molecule has 0 aliphatic rings. The van der Waals surface area contributed by atoms with Crippen LogP contribution >= 0.6 is 0 Å². The molecule has 0 radical (unpaired) electrons. The number of aryl methyl sites for hydroxylation is 3. The molecule has 0 amide bonds. The predicted octanol–water partition coefficient (Wildman–Crippen LogP) is 2.95. The largest absolute Gasteiger partial charge is 0.335 e. The fourth-order valence-electron chi connectivity index (χ4n) is 2.18. The van der Waals surface area contributed by atoms with E-state index in [1.807, 2.05) is 43.7 Å². The van der Waals surface area contributed by atoms with Crippen molar-refractivity contribution in [3.05, 3.63) is 53.1 Å². The smallest absolute Gasteiger partial charge is 0.170 e. The average molecular weight is 242 g/mol. The van der Waals surface area contributed by atoms with Crippen LogP contribution in [0.5, 0.6) is 0 Å². The molecule has 0 atom stereocenters. The summed E-state index contributed by atoms with van der Waals surface area (Å²) in [6.45, 7) is 6.91. The van der Waals surface area contributed by atoms with Gasteiger partial charge in [-0.05, 0) is 32.9 Å². The molecule has 18 heavy (non-hydrogen) atoms. The van der Waals surface area contributed by atoms with E-state index < -0.39 is 0 Å². The van der Waals surface area contributed by atoms with Crippen molar-refractivity contribution in [2.45, 2.75) is 33.7 Å². The van der Waals surface area contributed by atoms with Crippen LogP contribution in [0.3, 0.4) is 0 Å². The molecule has 0 saturated carbocycles. The number of hydrogen-bond donors (Lipinski definition) is 0. The van der Waals surface area contributed by atoms with E-state index in [0.717, 1.165) is 29.1 Å². The fourth-order valence-corrected chi connectivity index (χ4v) is 2.18. The Morgan fingerprint density at radius 3 is 2.50 bits per heavy atom. The second kappa shape index (κ2) is 5.17. The van der Waals surface area contributed by atoms with Gasteiger partial charge in [0.05, 0.1) is 6.42 Å². The highest BCUT2D eigenvalue weighted by molar-refractivity contribution is 5.97. The van der Waals surface area contributed by atoms with E-state index in [-0.39, 0.29) is 5.78 Å². The molecule has 0 unspecified atom stereocenters. The van der Waals surface area contributed by atoms with Crippen LogP contribution in [0.15, 0.2) is 30.6 Å². The Labute approximate surface area is 107 Å². The second-order valence-electron chi connectivity index (χ2n) is 4.61. The van der Waals surface area contributed by atoms with Crippen molar-refractivity contribution in [1.29, 1.82) is 0 Å². The summed E-state index contributed by atoms with van der Waals surface area (Å²) < 4.78 is 2.00. The van der Waals surface area contributed by atoms with Crippen LogP contribution in [0.1, 0.15) is 34.2 Å². The number of benzene rings is 1. The van der Waals surface area contributed by atoms with Gasteiger partial charge in [0.1, 0.15) is 5.82 Å². The fraction of sp³-hybridized carbons (Fsp3) is 0.333. The number of aromatic nitrogens is 2. The minimum absolute atomic E-state index is 0.127. The van der Waals surface area contributed by atoms with Crippen LogP contribution in [0.25, 0.3) is 0 Å². The van der Waals surface area contributed by atoms with Crippen LogP contribution < -0.4 is 0 Å². The van der Waals surface area contributed by atoms with Crippen LogP contribution in [0.2, 0.25) is 0 Å². The molecule has 0 fully saturated rings. The van der Waals surface area contributed by atoms with Gasteiger partial charge in [0.2, 0.25) is 0 Å². The normalized spacial score (nSPS) is 10.6. The molecule has 94 valence electrons. The summed E-state index contributed by atoms with van der Waals surface area (Å²) >= 11 is 0. The Balaban J connectivity index is 2.22. The molecule has 0 aliphatic carbocycles. The standard InChI is InChI=1S/C15H18N2O/c1-4-17-6-5-16-15(17)10-14(18)13-8-11(2)7-12(3)9-13/h5-9H,4,10H2,1-3H3. The van der Waals surface area contributed by atoms with Crippen molar-refractivity contribution in [1.82, 2.24) is 9.55 Å².